The number of hydrogen-bond donors (Lipinski definition) is 0. The zero-order valence-corrected chi connectivity index (χ0v) is 21.0. The van der Waals surface area contributed by atoms with Crippen molar-refractivity contribution < 1.29 is 28.5 Å². The van der Waals surface area contributed by atoms with Gasteiger partial charge in [-0.05, 0) is 55.8 Å². The lowest BCUT2D eigenvalue weighted by Crippen LogP contribution is -2.39. The first-order valence-corrected chi connectivity index (χ1v) is 12.1. The maximum atomic E-state index is 13.8. The van der Waals surface area contributed by atoms with Gasteiger partial charge in [0, 0.05) is 5.56 Å². The number of methoxy groups -OCH3 is 2. The Morgan fingerprint density at radius 3 is 2.72 bits per heavy atom. The van der Waals surface area contributed by atoms with E-state index in [0.717, 1.165) is 0 Å². The minimum absolute atomic E-state index is 0.115. The van der Waals surface area contributed by atoms with Gasteiger partial charge in [-0.2, -0.15) is 0 Å². The quantitative estimate of drug-likeness (QED) is 0.472. The molecule has 2 aliphatic rings. The van der Waals surface area contributed by atoms with E-state index in [1.54, 1.807) is 64.5 Å². The van der Waals surface area contributed by atoms with Crippen LogP contribution >= 0.6 is 11.3 Å². The molecule has 2 aliphatic heterocycles. The van der Waals surface area contributed by atoms with Crippen molar-refractivity contribution >= 4 is 23.4 Å². The van der Waals surface area contributed by atoms with Crippen molar-refractivity contribution in [3.05, 3.63) is 78.5 Å². The minimum Gasteiger partial charge on any atom is -0.497 e. The van der Waals surface area contributed by atoms with Crippen molar-refractivity contribution in [3.8, 4) is 23.0 Å². The molecule has 5 rings (SSSR count). The number of benzene rings is 2. The lowest BCUT2D eigenvalue weighted by molar-refractivity contribution is -0.139. The molecule has 10 heteroatoms. The van der Waals surface area contributed by atoms with Crippen LogP contribution in [0.3, 0.4) is 0 Å². The summed E-state index contributed by atoms with van der Waals surface area (Å²) in [5.74, 6) is 1.86. The highest BCUT2D eigenvalue weighted by Crippen LogP contribution is 2.38. The normalized spacial score (nSPS) is 16.4. The predicted molar refractivity (Wildman–Crippen MR) is 133 cm³/mol. The first-order valence-electron chi connectivity index (χ1n) is 11.3. The Morgan fingerprint density at radius 1 is 1.17 bits per heavy atom. The maximum absolute atomic E-state index is 13.8. The summed E-state index contributed by atoms with van der Waals surface area (Å²) in [7, 11) is 3.14. The lowest BCUT2D eigenvalue weighted by atomic mass is 9.95. The third-order valence-corrected chi connectivity index (χ3v) is 6.94. The molecule has 0 unspecified atom stereocenters. The van der Waals surface area contributed by atoms with Gasteiger partial charge in [0.1, 0.15) is 11.5 Å². The van der Waals surface area contributed by atoms with Gasteiger partial charge in [-0.3, -0.25) is 9.36 Å². The summed E-state index contributed by atoms with van der Waals surface area (Å²) < 4.78 is 29.1. The third-order valence-electron chi connectivity index (χ3n) is 5.95. The Morgan fingerprint density at radius 2 is 1.97 bits per heavy atom. The van der Waals surface area contributed by atoms with E-state index >= 15 is 0 Å². The number of nitrogens with zero attached hydrogens (tertiary/aromatic N) is 2. The number of rotatable bonds is 6. The fraction of sp³-hybridized carbons (Fsp3) is 0.269. The molecule has 9 nitrogen and oxygen atoms in total. The molecule has 3 aromatic rings. The van der Waals surface area contributed by atoms with Gasteiger partial charge in [-0.1, -0.05) is 17.4 Å². The van der Waals surface area contributed by atoms with E-state index < -0.39 is 12.0 Å². The van der Waals surface area contributed by atoms with Gasteiger partial charge >= 0.3 is 5.97 Å². The second-order valence-corrected chi connectivity index (χ2v) is 9.03. The number of thiazole rings is 1. The second kappa shape index (κ2) is 9.54. The molecule has 186 valence electrons. The molecule has 0 radical (unpaired) electrons. The molecule has 0 fully saturated rings. The van der Waals surface area contributed by atoms with Crippen LogP contribution in [0.4, 0.5) is 0 Å². The van der Waals surface area contributed by atoms with Gasteiger partial charge in [-0.25, -0.2) is 9.79 Å². The smallest absolute Gasteiger partial charge is 0.338 e. The van der Waals surface area contributed by atoms with Gasteiger partial charge < -0.3 is 23.7 Å². The van der Waals surface area contributed by atoms with Gasteiger partial charge in [-0.15, -0.1) is 0 Å². The molecule has 1 atom stereocenters. The average Bonchev–Trinajstić information content (AvgIpc) is 3.47. The first-order chi connectivity index (χ1) is 17.4. The molecule has 36 heavy (non-hydrogen) atoms. The van der Waals surface area contributed by atoms with E-state index in [4.69, 9.17) is 23.7 Å². The van der Waals surface area contributed by atoms with Gasteiger partial charge in [0.25, 0.3) is 5.56 Å². The number of allylic oxidation sites excluding steroid dienone is 1. The van der Waals surface area contributed by atoms with Crippen molar-refractivity contribution in [2.24, 2.45) is 4.99 Å². The average molecular weight is 509 g/mol. The maximum Gasteiger partial charge on any atom is 0.338 e. The number of carbonyl (C=O) groups excluding carboxylic acids is 1. The molecular formula is C26H24N2O7S. The summed E-state index contributed by atoms with van der Waals surface area (Å²) in [4.78, 5) is 31.9. The molecule has 3 heterocycles. The third kappa shape index (κ3) is 4.03. The van der Waals surface area contributed by atoms with E-state index in [1.165, 1.54) is 15.9 Å². The molecule has 0 saturated carbocycles. The molecule has 0 spiro atoms. The Bertz CT molecular complexity index is 1570. The standard InChI is InChI=1S/C26H24N2O7S/c1-5-33-25(30)22-14(2)27-26-28(23(22)15-6-8-19-20(11-15)35-13-34-19)24(29)21(36-26)12-16-10-17(31-3)7-9-18(16)32-4/h6-12,23H,5,13H2,1-4H3/t23-/m0/s1. The van der Waals surface area contributed by atoms with Crippen LogP contribution < -0.4 is 33.8 Å². The van der Waals surface area contributed by atoms with E-state index in [0.29, 0.717) is 54.7 Å². The monoisotopic (exact) mass is 508 g/mol. The molecule has 1 aromatic heterocycles. The van der Waals surface area contributed by atoms with E-state index in [1.807, 2.05) is 6.07 Å². The number of fused-ring (bicyclic) bond motifs is 2. The van der Waals surface area contributed by atoms with Crippen LogP contribution in [0.1, 0.15) is 31.0 Å². The molecule has 0 N–H and O–H groups in total. The predicted octanol–water partition coefficient (Wildman–Crippen LogP) is 2.54. The van der Waals surface area contributed by atoms with Crippen molar-refractivity contribution in [2.75, 3.05) is 27.6 Å². The van der Waals surface area contributed by atoms with Crippen LogP contribution in [0.2, 0.25) is 0 Å². The van der Waals surface area contributed by atoms with E-state index in [-0.39, 0.29) is 19.0 Å². The number of hydrogen-bond acceptors (Lipinski definition) is 9. The lowest BCUT2D eigenvalue weighted by Gasteiger charge is -2.24. The van der Waals surface area contributed by atoms with Crippen molar-refractivity contribution in [3.63, 3.8) is 0 Å². The largest absolute Gasteiger partial charge is 0.497 e. The van der Waals surface area contributed by atoms with Crippen LogP contribution in [-0.2, 0) is 9.53 Å². The Balaban J connectivity index is 1.73. The summed E-state index contributed by atoms with van der Waals surface area (Å²) >= 11 is 1.23. The highest BCUT2D eigenvalue weighted by molar-refractivity contribution is 7.07. The Labute approximate surface area is 210 Å². The van der Waals surface area contributed by atoms with E-state index in [9.17, 15) is 9.59 Å². The van der Waals surface area contributed by atoms with Crippen LogP contribution in [0.15, 0.2) is 57.5 Å². The topological polar surface area (TPSA) is 97.6 Å². The SMILES string of the molecule is CCOC(=O)C1=C(C)N=c2sc(=Cc3cc(OC)ccc3OC)c(=O)n2[C@H]1c1ccc2c(c1)OCO2. The van der Waals surface area contributed by atoms with E-state index in [2.05, 4.69) is 4.99 Å². The molecule has 0 aliphatic carbocycles. The van der Waals surface area contributed by atoms with Crippen LogP contribution in [0.5, 0.6) is 23.0 Å². The summed E-state index contributed by atoms with van der Waals surface area (Å²) in [6, 6.07) is 9.98. The zero-order chi connectivity index (χ0) is 25.4. The molecule has 0 bridgehead atoms. The van der Waals surface area contributed by atoms with Crippen molar-refractivity contribution in [1.29, 1.82) is 0 Å². The van der Waals surface area contributed by atoms with Crippen LogP contribution in [0.25, 0.3) is 6.08 Å². The zero-order valence-electron chi connectivity index (χ0n) is 20.2. The molecule has 0 saturated heterocycles. The number of ether oxygens (including phenoxy) is 5. The highest BCUT2D eigenvalue weighted by Gasteiger charge is 2.34. The summed E-state index contributed by atoms with van der Waals surface area (Å²) in [6.07, 6.45) is 1.74. The van der Waals surface area contributed by atoms with Gasteiger partial charge in [0.15, 0.2) is 16.3 Å². The van der Waals surface area contributed by atoms with Gasteiger partial charge in [0.05, 0.1) is 42.7 Å². The summed E-state index contributed by atoms with van der Waals surface area (Å²) in [6.45, 7) is 3.79. The fourth-order valence-corrected chi connectivity index (χ4v) is 5.32. The van der Waals surface area contributed by atoms with Crippen molar-refractivity contribution in [2.45, 2.75) is 19.9 Å². The molecular weight excluding hydrogens is 484 g/mol. The fourth-order valence-electron chi connectivity index (χ4n) is 4.28. The number of carbonyl (C=O) groups is 1. The second-order valence-electron chi connectivity index (χ2n) is 8.02. The first kappa shape index (κ1) is 23.7. The molecule has 0 amide bonds. The van der Waals surface area contributed by atoms with Crippen LogP contribution in [0, 0.1) is 0 Å². The Hall–Kier alpha value is -4.05. The van der Waals surface area contributed by atoms with Crippen LogP contribution in [-0.4, -0.2) is 38.2 Å². The van der Waals surface area contributed by atoms with Gasteiger partial charge in [0.2, 0.25) is 6.79 Å². The number of esters is 1. The number of aromatic nitrogens is 1. The molecule has 2 aromatic carbocycles. The van der Waals surface area contributed by atoms with Crippen molar-refractivity contribution in [1.82, 2.24) is 4.57 Å². The summed E-state index contributed by atoms with van der Waals surface area (Å²) in [5, 5.41) is 0. The summed E-state index contributed by atoms with van der Waals surface area (Å²) in [5.41, 5.74) is 1.86. The Kier molecular flexibility index (Phi) is 6.27. The highest BCUT2D eigenvalue weighted by atomic mass is 32.1. The minimum atomic E-state index is -0.746.